The highest BCUT2D eigenvalue weighted by molar-refractivity contribution is 5.88. The van der Waals surface area contributed by atoms with Crippen molar-refractivity contribution in [2.45, 2.75) is 27.2 Å². The molecule has 0 aliphatic heterocycles. The van der Waals surface area contributed by atoms with Crippen LogP contribution in [0.5, 0.6) is 0 Å². The normalized spacial score (nSPS) is 11.6. The molecule has 0 rings (SSSR count). The Hall–Kier alpha value is -1.32. The minimum atomic E-state index is -0.870. The predicted octanol–water partition coefficient (Wildman–Crippen LogP) is 1.18. The molecule has 2 N–H and O–H groups in total. The lowest BCUT2D eigenvalue weighted by molar-refractivity contribution is -0.141. The summed E-state index contributed by atoms with van der Waals surface area (Å²) >= 11 is 0. The van der Waals surface area contributed by atoms with Crippen LogP contribution in [0.2, 0.25) is 0 Å². The van der Waals surface area contributed by atoms with Gasteiger partial charge >= 0.3 is 5.97 Å². The standard InChI is InChI=1S/C10H17NO3/c1-4-8(10(13)14)6-11-9(12)5-7(2)3/h5,8H,4,6H2,1-3H3,(H,11,12)(H,13,14). The van der Waals surface area contributed by atoms with E-state index in [0.717, 1.165) is 5.57 Å². The van der Waals surface area contributed by atoms with E-state index in [1.54, 1.807) is 6.92 Å². The quantitative estimate of drug-likeness (QED) is 0.653. The fourth-order valence-electron chi connectivity index (χ4n) is 0.943. The number of carbonyl (C=O) groups is 2. The zero-order valence-corrected chi connectivity index (χ0v) is 8.83. The molecule has 0 bridgehead atoms. The lowest BCUT2D eigenvalue weighted by Gasteiger charge is -2.09. The van der Waals surface area contributed by atoms with Crippen LogP contribution in [0.3, 0.4) is 0 Å². The number of carboxylic acids is 1. The largest absolute Gasteiger partial charge is 0.481 e. The summed E-state index contributed by atoms with van der Waals surface area (Å²) < 4.78 is 0. The Bertz CT molecular complexity index is 242. The molecule has 0 radical (unpaired) electrons. The molecule has 0 heterocycles. The molecular formula is C10H17NO3. The van der Waals surface area contributed by atoms with E-state index in [4.69, 9.17) is 5.11 Å². The summed E-state index contributed by atoms with van der Waals surface area (Å²) in [5, 5.41) is 11.3. The molecule has 4 heteroatoms. The SMILES string of the molecule is CCC(CNC(=O)C=C(C)C)C(=O)O. The van der Waals surface area contributed by atoms with Gasteiger partial charge in [-0.05, 0) is 20.3 Å². The van der Waals surface area contributed by atoms with Gasteiger partial charge in [0.05, 0.1) is 5.92 Å². The first-order chi connectivity index (χ1) is 6.47. The van der Waals surface area contributed by atoms with Crippen molar-refractivity contribution in [2.75, 3.05) is 6.54 Å². The summed E-state index contributed by atoms with van der Waals surface area (Å²) in [6.45, 7) is 5.60. The Morgan fingerprint density at radius 2 is 2.00 bits per heavy atom. The van der Waals surface area contributed by atoms with Crippen molar-refractivity contribution < 1.29 is 14.7 Å². The minimum Gasteiger partial charge on any atom is -0.481 e. The molecule has 0 aliphatic carbocycles. The molecule has 0 fully saturated rings. The number of nitrogens with one attached hydrogen (secondary N) is 1. The molecule has 14 heavy (non-hydrogen) atoms. The smallest absolute Gasteiger partial charge is 0.308 e. The summed E-state index contributed by atoms with van der Waals surface area (Å²) in [7, 11) is 0. The summed E-state index contributed by atoms with van der Waals surface area (Å²) in [6.07, 6.45) is 1.97. The highest BCUT2D eigenvalue weighted by Gasteiger charge is 2.14. The maximum Gasteiger partial charge on any atom is 0.308 e. The summed E-state index contributed by atoms with van der Waals surface area (Å²) in [6, 6.07) is 0. The predicted molar refractivity (Wildman–Crippen MR) is 53.9 cm³/mol. The molecule has 1 unspecified atom stereocenters. The van der Waals surface area contributed by atoms with Crippen LogP contribution >= 0.6 is 0 Å². The fraction of sp³-hybridized carbons (Fsp3) is 0.600. The Kier molecular flexibility index (Phi) is 5.60. The second-order valence-electron chi connectivity index (χ2n) is 3.41. The molecule has 0 aromatic heterocycles. The van der Waals surface area contributed by atoms with Crippen molar-refractivity contribution in [3.63, 3.8) is 0 Å². The monoisotopic (exact) mass is 199 g/mol. The molecule has 4 nitrogen and oxygen atoms in total. The highest BCUT2D eigenvalue weighted by Crippen LogP contribution is 2.00. The van der Waals surface area contributed by atoms with Crippen LogP contribution in [0.1, 0.15) is 27.2 Å². The van der Waals surface area contributed by atoms with Gasteiger partial charge in [0, 0.05) is 12.6 Å². The summed E-state index contributed by atoms with van der Waals surface area (Å²) in [4.78, 5) is 21.7. The number of aliphatic carboxylic acids is 1. The Labute approximate surface area is 84.0 Å². The highest BCUT2D eigenvalue weighted by atomic mass is 16.4. The number of amides is 1. The van der Waals surface area contributed by atoms with E-state index in [0.29, 0.717) is 6.42 Å². The van der Waals surface area contributed by atoms with E-state index in [-0.39, 0.29) is 12.5 Å². The molecule has 0 aromatic rings. The number of hydrogen-bond acceptors (Lipinski definition) is 2. The summed E-state index contributed by atoms with van der Waals surface area (Å²) in [5.74, 6) is -1.60. The molecule has 0 saturated heterocycles. The number of hydrogen-bond donors (Lipinski definition) is 2. The molecule has 0 spiro atoms. The van der Waals surface area contributed by atoms with E-state index in [9.17, 15) is 9.59 Å². The Balaban J connectivity index is 3.98. The average molecular weight is 199 g/mol. The van der Waals surface area contributed by atoms with Crippen molar-refractivity contribution in [2.24, 2.45) is 5.92 Å². The topological polar surface area (TPSA) is 66.4 Å². The number of carbonyl (C=O) groups excluding carboxylic acids is 1. The lowest BCUT2D eigenvalue weighted by Crippen LogP contribution is -2.31. The minimum absolute atomic E-state index is 0.189. The molecule has 0 aliphatic rings. The van der Waals surface area contributed by atoms with Crippen molar-refractivity contribution in [3.05, 3.63) is 11.6 Å². The van der Waals surface area contributed by atoms with Crippen LogP contribution in [0, 0.1) is 5.92 Å². The van der Waals surface area contributed by atoms with Gasteiger partial charge in [0.1, 0.15) is 0 Å². The van der Waals surface area contributed by atoms with Crippen molar-refractivity contribution >= 4 is 11.9 Å². The Morgan fingerprint density at radius 3 is 2.36 bits per heavy atom. The molecule has 80 valence electrons. The first kappa shape index (κ1) is 12.7. The van der Waals surface area contributed by atoms with Gasteiger partial charge in [0.25, 0.3) is 0 Å². The fourth-order valence-corrected chi connectivity index (χ4v) is 0.943. The number of allylic oxidation sites excluding steroid dienone is 1. The van der Waals surface area contributed by atoms with E-state index in [1.165, 1.54) is 6.08 Å². The van der Waals surface area contributed by atoms with Gasteiger partial charge in [-0.3, -0.25) is 9.59 Å². The molecule has 0 aromatic carbocycles. The average Bonchev–Trinajstić information content (AvgIpc) is 2.03. The second kappa shape index (κ2) is 6.18. The third-order valence-corrected chi connectivity index (χ3v) is 1.78. The van der Waals surface area contributed by atoms with Crippen LogP contribution in [0.15, 0.2) is 11.6 Å². The zero-order chi connectivity index (χ0) is 11.1. The molecule has 0 saturated carbocycles. The zero-order valence-electron chi connectivity index (χ0n) is 8.83. The molecule has 1 atom stereocenters. The van der Waals surface area contributed by atoms with Gasteiger partial charge in [-0.2, -0.15) is 0 Å². The van der Waals surface area contributed by atoms with Crippen LogP contribution < -0.4 is 5.32 Å². The molecular weight excluding hydrogens is 182 g/mol. The van der Waals surface area contributed by atoms with Gasteiger partial charge in [-0.25, -0.2) is 0 Å². The van der Waals surface area contributed by atoms with E-state index >= 15 is 0 Å². The number of rotatable bonds is 5. The van der Waals surface area contributed by atoms with Gasteiger partial charge in [-0.15, -0.1) is 0 Å². The molecule has 1 amide bonds. The van der Waals surface area contributed by atoms with Crippen molar-refractivity contribution in [3.8, 4) is 0 Å². The van der Waals surface area contributed by atoms with Crippen LogP contribution in [-0.4, -0.2) is 23.5 Å². The van der Waals surface area contributed by atoms with Gasteiger partial charge < -0.3 is 10.4 Å². The summed E-state index contributed by atoms with van der Waals surface area (Å²) in [5.41, 5.74) is 0.894. The van der Waals surface area contributed by atoms with Gasteiger partial charge in [-0.1, -0.05) is 12.5 Å². The first-order valence-electron chi connectivity index (χ1n) is 4.63. The van der Waals surface area contributed by atoms with E-state index in [1.807, 2.05) is 13.8 Å². The maximum absolute atomic E-state index is 11.1. The first-order valence-corrected chi connectivity index (χ1v) is 4.63. The van der Waals surface area contributed by atoms with Crippen LogP contribution in [0.4, 0.5) is 0 Å². The Morgan fingerprint density at radius 1 is 1.43 bits per heavy atom. The third-order valence-electron chi connectivity index (χ3n) is 1.78. The van der Waals surface area contributed by atoms with Crippen molar-refractivity contribution in [1.29, 1.82) is 0 Å². The van der Waals surface area contributed by atoms with E-state index < -0.39 is 11.9 Å². The van der Waals surface area contributed by atoms with Gasteiger partial charge in [0.15, 0.2) is 0 Å². The van der Waals surface area contributed by atoms with Crippen molar-refractivity contribution in [1.82, 2.24) is 5.32 Å². The number of carboxylic acid groups (broad SMARTS) is 1. The van der Waals surface area contributed by atoms with Crippen LogP contribution in [-0.2, 0) is 9.59 Å². The van der Waals surface area contributed by atoms with Gasteiger partial charge in [0.2, 0.25) is 5.91 Å². The second-order valence-corrected chi connectivity index (χ2v) is 3.41. The lowest BCUT2D eigenvalue weighted by atomic mass is 10.1. The third kappa shape index (κ3) is 5.35. The van der Waals surface area contributed by atoms with E-state index in [2.05, 4.69) is 5.32 Å². The maximum atomic E-state index is 11.1. The van der Waals surface area contributed by atoms with Crippen LogP contribution in [0.25, 0.3) is 0 Å².